The van der Waals surface area contributed by atoms with Crippen LogP contribution in [-0.2, 0) is 7.86 Å². The SMILES string of the molecule is CC(=O)N1CCN(CC(C)OI)CC1. The second kappa shape index (κ2) is 5.87. The molecule has 1 amide bonds. The van der Waals surface area contributed by atoms with E-state index in [0.29, 0.717) is 0 Å². The van der Waals surface area contributed by atoms with Gasteiger partial charge in [0.25, 0.3) is 0 Å². The molecule has 1 atom stereocenters. The van der Waals surface area contributed by atoms with E-state index in [4.69, 9.17) is 3.07 Å². The van der Waals surface area contributed by atoms with E-state index < -0.39 is 0 Å². The number of hydrogen-bond donors (Lipinski definition) is 0. The summed E-state index contributed by atoms with van der Waals surface area (Å²) in [6.07, 6.45) is 0.263. The molecule has 1 rings (SSSR count). The van der Waals surface area contributed by atoms with Crippen LogP contribution < -0.4 is 0 Å². The van der Waals surface area contributed by atoms with Crippen LogP contribution in [0.2, 0.25) is 0 Å². The minimum atomic E-state index is 0.183. The van der Waals surface area contributed by atoms with Gasteiger partial charge >= 0.3 is 0 Å². The average molecular weight is 312 g/mol. The van der Waals surface area contributed by atoms with Gasteiger partial charge in [0.2, 0.25) is 5.91 Å². The summed E-state index contributed by atoms with van der Waals surface area (Å²) in [5.41, 5.74) is 0. The summed E-state index contributed by atoms with van der Waals surface area (Å²) in [6.45, 7) is 8.27. The highest BCUT2D eigenvalue weighted by atomic mass is 127. The van der Waals surface area contributed by atoms with Crippen LogP contribution in [0.15, 0.2) is 0 Å². The van der Waals surface area contributed by atoms with Crippen molar-refractivity contribution in [3.05, 3.63) is 0 Å². The van der Waals surface area contributed by atoms with Crippen LogP contribution in [0.3, 0.4) is 0 Å². The van der Waals surface area contributed by atoms with E-state index in [1.54, 1.807) is 6.92 Å². The maximum atomic E-state index is 11.1. The van der Waals surface area contributed by atoms with Gasteiger partial charge in [0.1, 0.15) is 23.0 Å². The molecule has 0 aromatic heterocycles. The Morgan fingerprint density at radius 2 is 2.00 bits per heavy atom. The summed E-state index contributed by atoms with van der Waals surface area (Å²) in [6, 6.07) is 0. The van der Waals surface area contributed by atoms with Gasteiger partial charge in [0.05, 0.1) is 6.10 Å². The highest BCUT2D eigenvalue weighted by Crippen LogP contribution is 2.05. The number of nitrogens with zero attached hydrogens (tertiary/aromatic N) is 2. The van der Waals surface area contributed by atoms with Gasteiger partial charge < -0.3 is 7.97 Å². The number of carbonyl (C=O) groups excluding carboxylic acids is 1. The van der Waals surface area contributed by atoms with Crippen LogP contribution in [0.1, 0.15) is 13.8 Å². The van der Waals surface area contributed by atoms with Crippen LogP contribution in [0.4, 0.5) is 0 Å². The first-order valence-corrected chi connectivity index (χ1v) is 5.77. The van der Waals surface area contributed by atoms with Crippen molar-refractivity contribution in [3.63, 3.8) is 0 Å². The molecule has 14 heavy (non-hydrogen) atoms. The van der Waals surface area contributed by atoms with Crippen LogP contribution in [-0.4, -0.2) is 54.5 Å². The van der Waals surface area contributed by atoms with Crippen molar-refractivity contribution in [2.24, 2.45) is 0 Å². The quantitative estimate of drug-likeness (QED) is 0.726. The Labute approximate surface area is 99.3 Å². The van der Waals surface area contributed by atoms with Crippen LogP contribution in [0, 0.1) is 0 Å². The highest BCUT2D eigenvalue weighted by Gasteiger charge is 2.19. The van der Waals surface area contributed by atoms with Crippen molar-refractivity contribution in [1.82, 2.24) is 9.80 Å². The van der Waals surface area contributed by atoms with Gasteiger partial charge in [-0.25, -0.2) is 0 Å². The maximum Gasteiger partial charge on any atom is 0.219 e. The predicted octanol–water partition coefficient (Wildman–Crippen LogP) is 0.906. The van der Waals surface area contributed by atoms with Gasteiger partial charge in [-0.3, -0.25) is 9.69 Å². The third kappa shape index (κ3) is 3.70. The molecule has 0 aliphatic carbocycles. The number of halogens is 1. The minimum Gasteiger partial charge on any atom is -0.340 e. The summed E-state index contributed by atoms with van der Waals surface area (Å²) in [5, 5.41) is 0. The lowest BCUT2D eigenvalue weighted by Crippen LogP contribution is -2.49. The van der Waals surface area contributed by atoms with Crippen molar-refractivity contribution in [1.29, 1.82) is 0 Å². The predicted molar refractivity (Wildman–Crippen MR) is 63.3 cm³/mol. The molecule has 1 fully saturated rings. The zero-order chi connectivity index (χ0) is 10.6. The van der Waals surface area contributed by atoms with E-state index in [2.05, 4.69) is 11.8 Å². The summed E-state index contributed by atoms with van der Waals surface area (Å²) < 4.78 is 5.17. The third-order valence-electron chi connectivity index (χ3n) is 2.49. The highest BCUT2D eigenvalue weighted by molar-refractivity contribution is 14.1. The summed E-state index contributed by atoms with van der Waals surface area (Å²) in [5.74, 6) is 0.183. The Balaban J connectivity index is 2.25. The smallest absolute Gasteiger partial charge is 0.219 e. The summed E-state index contributed by atoms with van der Waals surface area (Å²) >= 11 is 1.93. The molecule has 1 unspecified atom stereocenters. The van der Waals surface area contributed by atoms with E-state index in [0.717, 1.165) is 32.7 Å². The molecule has 82 valence electrons. The van der Waals surface area contributed by atoms with E-state index >= 15 is 0 Å². The molecule has 5 heteroatoms. The molecule has 0 radical (unpaired) electrons. The van der Waals surface area contributed by atoms with Crippen molar-refractivity contribution in [2.75, 3.05) is 32.7 Å². The van der Waals surface area contributed by atoms with Gasteiger partial charge in [-0.1, -0.05) is 0 Å². The van der Waals surface area contributed by atoms with E-state index in [1.807, 2.05) is 27.9 Å². The van der Waals surface area contributed by atoms with E-state index in [1.165, 1.54) is 0 Å². The lowest BCUT2D eigenvalue weighted by atomic mass is 10.3. The van der Waals surface area contributed by atoms with Crippen LogP contribution in [0.5, 0.6) is 0 Å². The third-order valence-corrected chi connectivity index (χ3v) is 3.35. The number of amides is 1. The molecular formula is C9H17IN2O2. The Morgan fingerprint density at radius 3 is 2.43 bits per heavy atom. The summed E-state index contributed by atoms with van der Waals surface area (Å²) in [7, 11) is 0. The monoisotopic (exact) mass is 312 g/mol. The van der Waals surface area contributed by atoms with Crippen molar-refractivity contribution in [3.8, 4) is 0 Å². The number of piperazine rings is 1. The minimum absolute atomic E-state index is 0.183. The fraction of sp³-hybridized carbons (Fsp3) is 0.889. The molecule has 1 aliphatic rings. The Bertz CT molecular complexity index is 193. The zero-order valence-corrected chi connectivity index (χ0v) is 10.9. The second-order valence-electron chi connectivity index (χ2n) is 3.71. The first-order valence-electron chi connectivity index (χ1n) is 4.88. The topological polar surface area (TPSA) is 32.8 Å². The fourth-order valence-electron chi connectivity index (χ4n) is 1.64. The van der Waals surface area contributed by atoms with Crippen LogP contribution in [0.25, 0.3) is 0 Å². The van der Waals surface area contributed by atoms with Crippen LogP contribution >= 0.6 is 23.0 Å². The van der Waals surface area contributed by atoms with Gasteiger partial charge in [-0.05, 0) is 6.92 Å². The van der Waals surface area contributed by atoms with Gasteiger partial charge in [0, 0.05) is 39.6 Å². The zero-order valence-electron chi connectivity index (χ0n) is 8.70. The summed E-state index contributed by atoms with van der Waals surface area (Å²) in [4.78, 5) is 15.3. The van der Waals surface area contributed by atoms with Gasteiger partial charge in [0.15, 0.2) is 0 Å². The Hall–Kier alpha value is 0.120. The van der Waals surface area contributed by atoms with Gasteiger partial charge in [-0.2, -0.15) is 0 Å². The standard InChI is InChI=1S/C9H17IN2O2/c1-8(14-10)7-11-3-5-12(6-4-11)9(2)13/h8H,3-7H2,1-2H3. The van der Waals surface area contributed by atoms with E-state index in [-0.39, 0.29) is 12.0 Å². The lowest BCUT2D eigenvalue weighted by Gasteiger charge is -2.34. The normalized spacial score (nSPS) is 20.9. The van der Waals surface area contributed by atoms with Crippen molar-refractivity contribution in [2.45, 2.75) is 20.0 Å². The molecule has 0 aromatic carbocycles. The number of hydrogen-bond acceptors (Lipinski definition) is 3. The lowest BCUT2D eigenvalue weighted by molar-refractivity contribution is -0.130. The Kier molecular flexibility index (Phi) is 5.11. The molecule has 0 N–H and O–H groups in total. The molecule has 1 heterocycles. The fourth-order valence-corrected chi connectivity index (χ4v) is 1.80. The number of rotatable bonds is 3. The largest absolute Gasteiger partial charge is 0.340 e. The molecule has 0 spiro atoms. The van der Waals surface area contributed by atoms with Crippen molar-refractivity contribution < 1.29 is 7.86 Å². The molecule has 0 bridgehead atoms. The first-order chi connectivity index (χ1) is 6.63. The second-order valence-corrected chi connectivity index (χ2v) is 4.21. The number of carbonyl (C=O) groups is 1. The molecular weight excluding hydrogens is 295 g/mol. The van der Waals surface area contributed by atoms with Gasteiger partial charge in [-0.15, -0.1) is 0 Å². The molecule has 1 saturated heterocycles. The van der Waals surface area contributed by atoms with Crippen molar-refractivity contribution >= 4 is 28.9 Å². The average Bonchev–Trinajstić information content (AvgIpc) is 2.18. The maximum absolute atomic E-state index is 11.1. The molecule has 4 nitrogen and oxygen atoms in total. The van der Waals surface area contributed by atoms with E-state index in [9.17, 15) is 4.79 Å². The molecule has 0 saturated carbocycles. The molecule has 0 aromatic rings. The first kappa shape index (κ1) is 12.2. The Morgan fingerprint density at radius 1 is 1.43 bits per heavy atom. The molecule has 1 aliphatic heterocycles.